The number of likely N-dealkylation sites (tertiary alicyclic amines) is 1. The zero-order valence-electron chi connectivity index (χ0n) is 24.7. The first kappa shape index (κ1) is 29.7. The number of hydrogen-bond acceptors (Lipinski definition) is 7. The molecule has 2 heterocycles. The molecule has 5 rings (SSSR count). The summed E-state index contributed by atoms with van der Waals surface area (Å²) in [6.45, 7) is 9.31. The van der Waals surface area contributed by atoms with E-state index in [1.807, 2.05) is 32.6 Å². The van der Waals surface area contributed by atoms with Crippen molar-refractivity contribution in [1.29, 1.82) is 0 Å². The van der Waals surface area contributed by atoms with E-state index >= 15 is 0 Å². The summed E-state index contributed by atoms with van der Waals surface area (Å²) in [4.78, 5) is 44.5. The van der Waals surface area contributed by atoms with Crippen molar-refractivity contribution in [2.24, 2.45) is 33.9 Å². The van der Waals surface area contributed by atoms with Gasteiger partial charge in [-0.1, -0.05) is 45.0 Å². The molecular formula is C31H44N4O5S. The molecule has 0 aromatic heterocycles. The average Bonchev–Trinajstić information content (AvgIpc) is 3.60. The summed E-state index contributed by atoms with van der Waals surface area (Å²) in [5, 5.41) is 3.88. The summed E-state index contributed by atoms with van der Waals surface area (Å²) in [7, 11) is 0. The Bertz CT molecular complexity index is 1190. The molecule has 41 heavy (non-hydrogen) atoms. The molecule has 4 unspecified atom stereocenters. The standard InChI is InChI=1S/C31H44N4O5S/c1-30(2,3)25(40-28(32)38)18-39-23-7-5-6-22(16-23)26(36)35-12-10-19(11-13-35)17-31(4)27(37)34-29(41-31)33-24-15-20-8-9-21(24)14-20/h5-7,16,19-21,24-25H,8-15,17-18H2,1-4H3,(H2,32,38)(H,33,34,37)/t20?,21?,24-,25?,31?/m0/s1. The van der Waals surface area contributed by atoms with Gasteiger partial charge in [0, 0.05) is 24.1 Å². The summed E-state index contributed by atoms with van der Waals surface area (Å²) in [5.41, 5.74) is 5.43. The lowest BCUT2D eigenvalue weighted by atomic mass is 9.87. The number of nitrogens with two attached hydrogens (primary N) is 1. The van der Waals surface area contributed by atoms with Gasteiger partial charge in [0.1, 0.15) is 18.5 Å². The van der Waals surface area contributed by atoms with Crippen LogP contribution in [0.5, 0.6) is 5.75 Å². The quantitative estimate of drug-likeness (QED) is 0.444. The summed E-state index contributed by atoms with van der Waals surface area (Å²) < 4.78 is 10.6. The van der Waals surface area contributed by atoms with E-state index in [0.29, 0.717) is 42.3 Å². The zero-order chi connectivity index (χ0) is 29.4. The van der Waals surface area contributed by atoms with Gasteiger partial charge in [0.25, 0.3) is 5.91 Å². The van der Waals surface area contributed by atoms with Crippen LogP contribution >= 0.6 is 11.8 Å². The average molecular weight is 585 g/mol. The second-order valence-corrected chi connectivity index (χ2v) is 15.0. The number of carbonyl (C=O) groups is 3. The number of rotatable bonds is 8. The van der Waals surface area contributed by atoms with E-state index in [1.165, 1.54) is 25.7 Å². The molecule has 9 nitrogen and oxygen atoms in total. The number of amidine groups is 1. The third-order valence-electron chi connectivity index (χ3n) is 9.29. The number of thioether (sulfide) groups is 1. The van der Waals surface area contributed by atoms with Crippen LogP contribution in [-0.4, -0.2) is 64.6 Å². The molecule has 0 spiro atoms. The van der Waals surface area contributed by atoms with Gasteiger partial charge in [-0.15, -0.1) is 0 Å². The number of aliphatic imine (C=N–C) groups is 1. The third kappa shape index (κ3) is 7.01. The number of carbonyl (C=O) groups excluding carboxylic acids is 3. The van der Waals surface area contributed by atoms with Crippen molar-refractivity contribution >= 4 is 34.8 Å². The van der Waals surface area contributed by atoms with Crippen LogP contribution in [0.1, 0.15) is 83.0 Å². The molecule has 3 amide bonds. The van der Waals surface area contributed by atoms with Crippen LogP contribution < -0.4 is 15.8 Å². The first-order chi connectivity index (χ1) is 19.4. The maximum atomic E-state index is 13.3. The van der Waals surface area contributed by atoms with Gasteiger partial charge in [-0.25, -0.2) is 4.79 Å². The Morgan fingerprint density at radius 1 is 1.20 bits per heavy atom. The zero-order valence-corrected chi connectivity index (χ0v) is 25.5. The second kappa shape index (κ2) is 11.9. The molecule has 2 saturated heterocycles. The summed E-state index contributed by atoms with van der Waals surface area (Å²) in [6.07, 6.45) is 6.23. The van der Waals surface area contributed by atoms with Crippen LogP contribution in [0.15, 0.2) is 29.3 Å². The van der Waals surface area contributed by atoms with Gasteiger partial charge >= 0.3 is 6.09 Å². The Hall–Kier alpha value is -2.75. The van der Waals surface area contributed by atoms with Crippen LogP contribution in [0, 0.1) is 23.2 Å². The fourth-order valence-electron chi connectivity index (χ4n) is 6.79. The summed E-state index contributed by atoms with van der Waals surface area (Å²) >= 11 is 1.61. The highest BCUT2D eigenvalue weighted by Crippen LogP contribution is 2.47. The number of ether oxygens (including phenoxy) is 2. The van der Waals surface area contributed by atoms with E-state index in [1.54, 1.807) is 36.0 Å². The second-order valence-electron chi connectivity index (χ2n) is 13.5. The molecule has 4 fully saturated rings. The first-order valence-electron chi connectivity index (χ1n) is 15.0. The number of nitrogens with one attached hydrogen (secondary N) is 1. The number of primary amides is 1. The van der Waals surface area contributed by atoms with Crippen LogP contribution in [0.25, 0.3) is 0 Å². The molecule has 2 aliphatic carbocycles. The Labute approximate surface area is 247 Å². The van der Waals surface area contributed by atoms with Crippen molar-refractivity contribution < 1.29 is 23.9 Å². The lowest BCUT2D eigenvalue weighted by Crippen LogP contribution is -2.41. The molecule has 5 atom stereocenters. The van der Waals surface area contributed by atoms with Crippen LogP contribution in [-0.2, 0) is 9.53 Å². The largest absolute Gasteiger partial charge is 0.490 e. The summed E-state index contributed by atoms with van der Waals surface area (Å²) in [5.74, 6) is 2.46. The normalized spacial score (nSPS) is 30.0. The molecular weight excluding hydrogens is 540 g/mol. The maximum absolute atomic E-state index is 13.3. The van der Waals surface area contributed by atoms with Crippen molar-refractivity contribution in [3.8, 4) is 5.75 Å². The van der Waals surface area contributed by atoms with E-state index in [-0.39, 0.29) is 23.8 Å². The van der Waals surface area contributed by atoms with Gasteiger partial charge in [0.05, 0.1) is 10.8 Å². The SMILES string of the molecule is CC1(CC2CCN(C(=O)c3cccc(OCC(OC(N)=O)C(C)(C)C)c3)CC2)SC(=N[C@H]2CC3CCC2C3)NC1=O. The molecule has 1 aromatic carbocycles. The number of piperidine rings is 1. The van der Waals surface area contributed by atoms with Gasteiger partial charge < -0.3 is 25.4 Å². The summed E-state index contributed by atoms with van der Waals surface area (Å²) in [6, 6.07) is 7.48. The molecule has 4 aliphatic rings. The van der Waals surface area contributed by atoms with E-state index in [9.17, 15) is 14.4 Å². The minimum absolute atomic E-state index is 0.0332. The highest BCUT2D eigenvalue weighted by Gasteiger charge is 2.46. The van der Waals surface area contributed by atoms with Crippen molar-refractivity contribution in [2.45, 2.75) is 89.5 Å². The number of fused-ring (bicyclic) bond motifs is 2. The minimum Gasteiger partial charge on any atom is -0.490 e. The fourth-order valence-corrected chi connectivity index (χ4v) is 8.01. The van der Waals surface area contributed by atoms with Crippen molar-refractivity contribution in [3.05, 3.63) is 29.8 Å². The Morgan fingerprint density at radius 3 is 2.59 bits per heavy atom. The Morgan fingerprint density at radius 2 is 1.95 bits per heavy atom. The third-order valence-corrected chi connectivity index (χ3v) is 10.5. The first-order valence-corrected chi connectivity index (χ1v) is 15.8. The van der Waals surface area contributed by atoms with Gasteiger partial charge in [-0.2, -0.15) is 0 Å². The predicted octanol–water partition coefficient (Wildman–Crippen LogP) is 4.98. The molecule has 2 saturated carbocycles. The highest BCUT2D eigenvalue weighted by molar-refractivity contribution is 8.16. The number of nitrogens with zero attached hydrogens (tertiary/aromatic N) is 2. The van der Waals surface area contributed by atoms with E-state index in [0.717, 1.165) is 30.3 Å². The molecule has 224 valence electrons. The smallest absolute Gasteiger partial charge is 0.404 e. The van der Waals surface area contributed by atoms with Crippen LogP contribution in [0.3, 0.4) is 0 Å². The van der Waals surface area contributed by atoms with Gasteiger partial charge in [0.15, 0.2) is 5.17 Å². The predicted molar refractivity (Wildman–Crippen MR) is 160 cm³/mol. The molecule has 2 aliphatic heterocycles. The molecule has 3 N–H and O–H groups in total. The maximum Gasteiger partial charge on any atom is 0.404 e. The number of amides is 3. The Balaban J connectivity index is 1.12. The van der Waals surface area contributed by atoms with Crippen molar-refractivity contribution in [3.63, 3.8) is 0 Å². The van der Waals surface area contributed by atoms with Crippen molar-refractivity contribution in [2.75, 3.05) is 19.7 Å². The molecule has 0 radical (unpaired) electrons. The lowest BCUT2D eigenvalue weighted by molar-refractivity contribution is -0.121. The van der Waals surface area contributed by atoms with E-state index < -0.39 is 16.9 Å². The molecule has 2 bridgehead atoms. The van der Waals surface area contributed by atoms with Gasteiger partial charge in [0.2, 0.25) is 5.91 Å². The topological polar surface area (TPSA) is 123 Å². The minimum atomic E-state index is -0.841. The fraction of sp³-hybridized carbons (Fsp3) is 0.677. The monoisotopic (exact) mass is 584 g/mol. The Kier molecular flexibility index (Phi) is 8.60. The number of benzene rings is 1. The molecule has 1 aromatic rings. The molecule has 10 heteroatoms. The van der Waals surface area contributed by atoms with Gasteiger partial charge in [-0.3, -0.25) is 14.6 Å². The van der Waals surface area contributed by atoms with E-state index in [2.05, 4.69) is 5.32 Å². The van der Waals surface area contributed by atoms with Crippen LogP contribution in [0.4, 0.5) is 4.79 Å². The van der Waals surface area contributed by atoms with Gasteiger partial charge in [-0.05, 0) is 81.4 Å². The lowest BCUT2D eigenvalue weighted by Gasteiger charge is -2.34. The highest BCUT2D eigenvalue weighted by atomic mass is 32.2. The number of hydrogen-bond donors (Lipinski definition) is 2. The van der Waals surface area contributed by atoms with Crippen molar-refractivity contribution in [1.82, 2.24) is 10.2 Å². The van der Waals surface area contributed by atoms with E-state index in [4.69, 9.17) is 20.2 Å². The van der Waals surface area contributed by atoms with Crippen LogP contribution in [0.2, 0.25) is 0 Å².